The summed E-state index contributed by atoms with van der Waals surface area (Å²) in [7, 11) is 3.90. The Kier molecular flexibility index (Phi) is 6.45. The van der Waals surface area contributed by atoms with Crippen molar-refractivity contribution in [2.75, 3.05) is 32.8 Å². The minimum Gasteiger partial charge on any atom is -0.379 e. The Balaban J connectivity index is 1.14. The fourth-order valence-corrected chi connectivity index (χ4v) is 5.64. The summed E-state index contributed by atoms with van der Waals surface area (Å²) in [4.78, 5) is 17.0. The molecule has 0 unspecified atom stereocenters. The summed E-state index contributed by atoms with van der Waals surface area (Å²) >= 11 is 0. The van der Waals surface area contributed by atoms with E-state index in [0.717, 1.165) is 109 Å². The molecule has 0 bridgehead atoms. The zero-order valence-corrected chi connectivity index (χ0v) is 22.9. The summed E-state index contributed by atoms with van der Waals surface area (Å²) in [6.07, 6.45) is 14.1. The normalized spacial score (nSPS) is 15.2. The Morgan fingerprint density at radius 1 is 0.875 bits per heavy atom. The lowest BCUT2D eigenvalue weighted by atomic mass is 9.91. The van der Waals surface area contributed by atoms with Gasteiger partial charge in [-0.15, -0.1) is 0 Å². The predicted octanol–water partition coefficient (Wildman–Crippen LogP) is 2.56. The van der Waals surface area contributed by atoms with Crippen LogP contribution in [0.15, 0.2) is 49.3 Å². The van der Waals surface area contributed by atoms with Crippen molar-refractivity contribution in [3.63, 3.8) is 0 Å². The molecule has 0 amide bonds. The maximum Gasteiger partial charge on any atom is 0.133 e. The zero-order valence-electron chi connectivity index (χ0n) is 22.9. The van der Waals surface area contributed by atoms with Gasteiger partial charge >= 0.3 is 0 Å². The number of aryl methyl sites for hydroxylation is 4. The second-order valence-corrected chi connectivity index (χ2v) is 10.5. The molecule has 5 aromatic heterocycles. The number of morpholine rings is 1. The van der Waals surface area contributed by atoms with Gasteiger partial charge in [0.15, 0.2) is 0 Å². The molecule has 11 nitrogen and oxygen atoms in total. The van der Waals surface area contributed by atoms with E-state index in [9.17, 15) is 0 Å². The first kappa shape index (κ1) is 24.8. The monoisotopic (exact) mass is 536 g/mol. The molecule has 1 fully saturated rings. The van der Waals surface area contributed by atoms with Gasteiger partial charge in [-0.1, -0.05) is 0 Å². The molecule has 0 atom stereocenters. The standard InChI is InChI=1S/C29H32N10O/c1-36-19-23(17-32-36)24-5-4-22(16-30-24)29-27-25(35-37(29)2)6-3-21-15-31-26(34-28(21)27)13-20-14-33-39(18-20)8-7-38-9-11-40-12-10-38/h4-5,14-19H,3,6-13H2,1-2H3. The van der Waals surface area contributed by atoms with E-state index in [2.05, 4.69) is 27.4 Å². The van der Waals surface area contributed by atoms with Crippen LogP contribution in [0.5, 0.6) is 0 Å². The second kappa shape index (κ2) is 10.4. The van der Waals surface area contributed by atoms with Crippen LogP contribution in [0.2, 0.25) is 0 Å². The van der Waals surface area contributed by atoms with Crippen LogP contribution in [0, 0.1) is 0 Å². The molecule has 11 heteroatoms. The highest BCUT2D eigenvalue weighted by molar-refractivity contribution is 5.84. The average Bonchev–Trinajstić information content (AvgIpc) is 3.71. The summed E-state index contributed by atoms with van der Waals surface area (Å²) in [6, 6.07) is 4.14. The van der Waals surface area contributed by atoms with Crippen molar-refractivity contribution in [3.05, 3.63) is 72.0 Å². The number of hydrogen-bond donors (Lipinski definition) is 0. The fraction of sp³-hybridized carbons (Fsp3) is 0.379. The van der Waals surface area contributed by atoms with Crippen LogP contribution in [0.25, 0.3) is 33.8 Å². The van der Waals surface area contributed by atoms with Gasteiger partial charge in [-0.25, -0.2) is 9.97 Å². The third-order valence-corrected chi connectivity index (χ3v) is 7.74. The smallest absolute Gasteiger partial charge is 0.133 e. The van der Waals surface area contributed by atoms with E-state index in [1.165, 1.54) is 0 Å². The van der Waals surface area contributed by atoms with Gasteiger partial charge in [-0.3, -0.25) is 23.9 Å². The largest absolute Gasteiger partial charge is 0.379 e. The van der Waals surface area contributed by atoms with E-state index in [0.29, 0.717) is 6.42 Å². The fourth-order valence-electron chi connectivity index (χ4n) is 5.64. The third-order valence-electron chi connectivity index (χ3n) is 7.74. The maximum absolute atomic E-state index is 5.45. The molecule has 0 N–H and O–H groups in total. The summed E-state index contributed by atoms with van der Waals surface area (Å²) in [6.45, 7) is 5.44. The number of aromatic nitrogens is 9. The van der Waals surface area contributed by atoms with Crippen LogP contribution in [0.3, 0.4) is 0 Å². The molecule has 1 saturated heterocycles. The Morgan fingerprint density at radius 3 is 2.58 bits per heavy atom. The number of rotatable bonds is 7. The van der Waals surface area contributed by atoms with E-state index < -0.39 is 0 Å². The molecule has 0 spiro atoms. The molecule has 1 aliphatic carbocycles. The van der Waals surface area contributed by atoms with Crippen LogP contribution in [-0.2, 0) is 44.6 Å². The van der Waals surface area contributed by atoms with E-state index in [4.69, 9.17) is 24.8 Å². The Labute approximate surface area is 232 Å². The maximum atomic E-state index is 5.45. The van der Waals surface area contributed by atoms with Crippen LogP contribution in [0.1, 0.15) is 22.6 Å². The SMILES string of the molecule is Cn1cc(-c2ccc(-c3c4c(nn3C)CCc3cnc(Cc5cnn(CCN6CCOCC6)c5)nc3-4)cn2)cn1. The van der Waals surface area contributed by atoms with Gasteiger partial charge in [-0.05, 0) is 36.1 Å². The molecule has 40 heavy (non-hydrogen) atoms. The van der Waals surface area contributed by atoms with Crippen LogP contribution >= 0.6 is 0 Å². The molecular weight excluding hydrogens is 504 g/mol. The average molecular weight is 537 g/mol. The lowest BCUT2D eigenvalue weighted by Gasteiger charge is -2.26. The molecule has 5 aromatic rings. The van der Waals surface area contributed by atoms with Gasteiger partial charge in [0.2, 0.25) is 0 Å². The first-order valence-electron chi connectivity index (χ1n) is 13.8. The van der Waals surface area contributed by atoms with Gasteiger partial charge in [0.05, 0.1) is 54.9 Å². The predicted molar refractivity (Wildman–Crippen MR) is 149 cm³/mol. The Morgan fingerprint density at radius 2 is 1.77 bits per heavy atom. The first-order chi connectivity index (χ1) is 19.6. The van der Waals surface area contributed by atoms with Crippen molar-refractivity contribution >= 4 is 0 Å². The quantitative estimate of drug-likeness (QED) is 0.313. The minimum atomic E-state index is 0.636. The molecule has 1 aliphatic heterocycles. The van der Waals surface area contributed by atoms with Crippen LogP contribution in [-0.4, -0.2) is 82.0 Å². The number of hydrogen-bond acceptors (Lipinski definition) is 8. The third kappa shape index (κ3) is 4.82. The lowest BCUT2D eigenvalue weighted by molar-refractivity contribution is 0.0359. The number of nitrogens with zero attached hydrogens (tertiary/aromatic N) is 10. The number of pyridine rings is 1. The molecular formula is C29H32N10O. The minimum absolute atomic E-state index is 0.636. The van der Waals surface area contributed by atoms with E-state index in [1.807, 2.05) is 60.5 Å². The van der Waals surface area contributed by atoms with Crippen molar-refractivity contribution in [1.29, 1.82) is 0 Å². The highest BCUT2D eigenvalue weighted by Gasteiger charge is 2.27. The van der Waals surface area contributed by atoms with E-state index in [-0.39, 0.29) is 0 Å². The van der Waals surface area contributed by atoms with Crippen molar-refractivity contribution in [1.82, 2.24) is 49.2 Å². The first-order valence-corrected chi connectivity index (χ1v) is 13.8. The summed E-state index contributed by atoms with van der Waals surface area (Å²) < 4.78 is 11.2. The second-order valence-electron chi connectivity index (χ2n) is 10.5. The molecule has 6 heterocycles. The van der Waals surface area contributed by atoms with Crippen molar-refractivity contribution in [2.45, 2.75) is 25.8 Å². The molecule has 0 radical (unpaired) electrons. The molecule has 0 saturated carbocycles. The summed E-state index contributed by atoms with van der Waals surface area (Å²) in [5.74, 6) is 0.791. The van der Waals surface area contributed by atoms with Crippen LogP contribution < -0.4 is 0 Å². The van der Waals surface area contributed by atoms with E-state index in [1.54, 1.807) is 4.68 Å². The van der Waals surface area contributed by atoms with Gasteiger partial charge < -0.3 is 4.74 Å². The molecule has 7 rings (SSSR count). The highest BCUT2D eigenvalue weighted by Crippen LogP contribution is 2.39. The van der Waals surface area contributed by atoms with Gasteiger partial charge in [0.1, 0.15) is 5.82 Å². The van der Waals surface area contributed by atoms with Crippen molar-refractivity contribution < 1.29 is 4.74 Å². The topological polar surface area (TPSA) is 105 Å². The Bertz CT molecular complexity index is 1640. The van der Waals surface area contributed by atoms with Crippen molar-refractivity contribution in [3.8, 4) is 33.8 Å². The van der Waals surface area contributed by atoms with Gasteiger partial charge in [0, 0.05) is 81.6 Å². The van der Waals surface area contributed by atoms with E-state index >= 15 is 0 Å². The van der Waals surface area contributed by atoms with Gasteiger partial charge in [-0.2, -0.15) is 15.3 Å². The zero-order chi connectivity index (χ0) is 27.1. The van der Waals surface area contributed by atoms with Crippen LogP contribution in [0.4, 0.5) is 0 Å². The number of fused-ring (bicyclic) bond motifs is 3. The summed E-state index contributed by atoms with van der Waals surface area (Å²) in [5, 5.41) is 13.7. The highest BCUT2D eigenvalue weighted by atomic mass is 16.5. The van der Waals surface area contributed by atoms with Crippen molar-refractivity contribution in [2.24, 2.45) is 14.1 Å². The molecule has 0 aromatic carbocycles. The lowest BCUT2D eigenvalue weighted by Crippen LogP contribution is -2.38. The Hall–Kier alpha value is -4.22. The van der Waals surface area contributed by atoms with Gasteiger partial charge in [0.25, 0.3) is 0 Å². The molecule has 204 valence electrons. The molecule has 2 aliphatic rings. The number of ether oxygens (including phenoxy) is 1. The summed E-state index contributed by atoms with van der Waals surface area (Å²) in [5.41, 5.74) is 9.33.